The van der Waals surface area contributed by atoms with E-state index in [4.69, 9.17) is 0 Å². The summed E-state index contributed by atoms with van der Waals surface area (Å²) in [5.41, 5.74) is 1.84. The van der Waals surface area contributed by atoms with Gasteiger partial charge in [0.2, 0.25) is 10.0 Å². The number of aromatic nitrogens is 4. The second kappa shape index (κ2) is 9.19. The third-order valence-electron chi connectivity index (χ3n) is 4.72. The number of hydrogen-bond acceptors (Lipinski definition) is 6. The summed E-state index contributed by atoms with van der Waals surface area (Å²) in [6, 6.07) is 14.8. The second-order valence-electron chi connectivity index (χ2n) is 6.84. The van der Waals surface area contributed by atoms with Gasteiger partial charge in [0, 0.05) is 13.1 Å². The highest BCUT2D eigenvalue weighted by Crippen LogP contribution is 2.18. The van der Waals surface area contributed by atoms with Crippen LogP contribution in [-0.2, 0) is 23.0 Å². The zero-order chi connectivity index (χ0) is 21.7. The average Bonchev–Trinajstić information content (AvgIpc) is 3.19. The molecule has 4 aromatic rings. The molecular weight excluding hydrogens is 419 g/mol. The molecule has 0 aliphatic carbocycles. The van der Waals surface area contributed by atoms with Crippen LogP contribution in [0.15, 0.2) is 72.0 Å². The lowest BCUT2D eigenvalue weighted by Gasteiger charge is -2.08. The lowest BCUT2D eigenvalue weighted by molar-refractivity contribution is 0.564. The van der Waals surface area contributed by atoms with Crippen LogP contribution in [0.4, 0.5) is 10.2 Å². The molecule has 0 unspecified atom stereocenters. The molecule has 31 heavy (non-hydrogen) atoms. The van der Waals surface area contributed by atoms with E-state index in [1.165, 1.54) is 24.0 Å². The van der Waals surface area contributed by atoms with Crippen molar-refractivity contribution in [2.24, 2.45) is 0 Å². The Hall–Kier alpha value is -3.37. The van der Waals surface area contributed by atoms with Gasteiger partial charge >= 0.3 is 0 Å². The molecule has 0 amide bonds. The molecule has 0 saturated heterocycles. The van der Waals surface area contributed by atoms with Gasteiger partial charge in [-0.05, 0) is 36.2 Å². The maximum absolute atomic E-state index is 13.0. The van der Waals surface area contributed by atoms with Gasteiger partial charge in [-0.25, -0.2) is 32.2 Å². The normalized spacial score (nSPS) is 11.6. The molecule has 0 radical (unpaired) electrons. The van der Waals surface area contributed by atoms with Crippen molar-refractivity contribution in [2.45, 2.75) is 17.9 Å². The highest BCUT2D eigenvalue weighted by atomic mass is 32.2. The van der Waals surface area contributed by atoms with Crippen molar-refractivity contribution >= 4 is 26.9 Å². The Labute approximate surface area is 179 Å². The van der Waals surface area contributed by atoms with Crippen LogP contribution in [0.25, 0.3) is 11.0 Å². The minimum absolute atomic E-state index is 0.00597. The number of benzene rings is 2. The fourth-order valence-corrected chi connectivity index (χ4v) is 4.17. The summed E-state index contributed by atoms with van der Waals surface area (Å²) in [4.78, 5) is 8.59. The van der Waals surface area contributed by atoms with E-state index in [0.717, 1.165) is 23.9 Å². The summed E-state index contributed by atoms with van der Waals surface area (Å²) >= 11 is 0. The van der Waals surface area contributed by atoms with Gasteiger partial charge in [0.1, 0.15) is 18.0 Å². The minimum atomic E-state index is -3.73. The number of fused-ring (bicyclic) bond motifs is 1. The van der Waals surface area contributed by atoms with Crippen LogP contribution in [0.1, 0.15) is 5.56 Å². The van der Waals surface area contributed by atoms with Crippen molar-refractivity contribution < 1.29 is 12.8 Å². The van der Waals surface area contributed by atoms with Crippen LogP contribution in [0.5, 0.6) is 0 Å². The van der Waals surface area contributed by atoms with Crippen molar-refractivity contribution in [1.82, 2.24) is 24.5 Å². The van der Waals surface area contributed by atoms with Crippen molar-refractivity contribution in [3.63, 3.8) is 0 Å². The number of anilines is 1. The van der Waals surface area contributed by atoms with Crippen molar-refractivity contribution in [1.29, 1.82) is 0 Å². The third kappa shape index (κ3) is 5.04. The van der Waals surface area contributed by atoms with Gasteiger partial charge in [-0.3, -0.25) is 0 Å². The molecule has 2 aromatic heterocycles. The van der Waals surface area contributed by atoms with Crippen LogP contribution in [0.3, 0.4) is 0 Å². The minimum Gasteiger partial charge on any atom is -0.369 e. The Morgan fingerprint density at radius 3 is 2.52 bits per heavy atom. The molecule has 0 atom stereocenters. The van der Waals surface area contributed by atoms with Crippen LogP contribution >= 0.6 is 0 Å². The predicted octanol–water partition coefficient (Wildman–Crippen LogP) is 2.60. The van der Waals surface area contributed by atoms with E-state index in [1.807, 2.05) is 18.2 Å². The molecular formula is C21H21FN6O2S. The quantitative estimate of drug-likeness (QED) is 0.415. The van der Waals surface area contributed by atoms with Gasteiger partial charge in [-0.2, -0.15) is 5.10 Å². The SMILES string of the molecule is O=S(=O)(NCCn1ncc2c(NCCc3ccccc3)ncnc21)c1ccc(F)cc1. The van der Waals surface area contributed by atoms with Gasteiger partial charge in [0.15, 0.2) is 5.65 Å². The lowest BCUT2D eigenvalue weighted by Crippen LogP contribution is -2.27. The first-order valence-electron chi connectivity index (χ1n) is 9.72. The molecule has 160 valence electrons. The van der Waals surface area contributed by atoms with Gasteiger partial charge in [-0.1, -0.05) is 30.3 Å². The molecule has 0 fully saturated rings. The Morgan fingerprint density at radius 2 is 1.74 bits per heavy atom. The zero-order valence-corrected chi connectivity index (χ0v) is 17.4. The Bertz CT molecular complexity index is 1260. The average molecular weight is 441 g/mol. The predicted molar refractivity (Wildman–Crippen MR) is 116 cm³/mol. The van der Waals surface area contributed by atoms with Gasteiger partial charge in [-0.15, -0.1) is 0 Å². The molecule has 4 rings (SSSR count). The first-order chi connectivity index (χ1) is 15.0. The van der Waals surface area contributed by atoms with Crippen LogP contribution in [-0.4, -0.2) is 41.3 Å². The maximum Gasteiger partial charge on any atom is 0.240 e. The van der Waals surface area contributed by atoms with Gasteiger partial charge in [0.05, 0.1) is 23.0 Å². The van der Waals surface area contributed by atoms with E-state index >= 15 is 0 Å². The number of nitrogens with one attached hydrogen (secondary N) is 2. The molecule has 0 aliphatic heterocycles. The topological polar surface area (TPSA) is 102 Å². The summed E-state index contributed by atoms with van der Waals surface area (Å²) < 4.78 is 41.8. The summed E-state index contributed by atoms with van der Waals surface area (Å²) in [5.74, 6) is 0.189. The first kappa shape index (κ1) is 20.9. The standard InChI is InChI=1S/C21H21FN6O2S/c22-17-6-8-18(9-7-17)31(29,30)27-12-13-28-21-19(14-26-28)20(24-15-25-21)23-11-10-16-4-2-1-3-5-16/h1-9,14-15,27H,10-13H2,(H,23,24,25). The molecule has 0 bridgehead atoms. The molecule has 0 saturated carbocycles. The highest BCUT2D eigenvalue weighted by molar-refractivity contribution is 7.89. The summed E-state index contributed by atoms with van der Waals surface area (Å²) in [7, 11) is -3.73. The number of sulfonamides is 1. The van der Waals surface area contributed by atoms with E-state index in [2.05, 4.69) is 37.2 Å². The molecule has 2 heterocycles. The van der Waals surface area contributed by atoms with Gasteiger partial charge in [0.25, 0.3) is 0 Å². The number of rotatable bonds is 9. The maximum atomic E-state index is 13.0. The summed E-state index contributed by atoms with van der Waals surface area (Å²) in [6.07, 6.45) is 3.97. The summed E-state index contributed by atoms with van der Waals surface area (Å²) in [6.45, 7) is 1.10. The zero-order valence-electron chi connectivity index (χ0n) is 16.6. The van der Waals surface area contributed by atoms with Crippen LogP contribution in [0, 0.1) is 5.82 Å². The van der Waals surface area contributed by atoms with Crippen LogP contribution < -0.4 is 10.0 Å². The first-order valence-corrected chi connectivity index (χ1v) is 11.2. The van der Waals surface area contributed by atoms with Crippen molar-refractivity contribution in [3.8, 4) is 0 Å². The monoisotopic (exact) mass is 440 g/mol. The second-order valence-corrected chi connectivity index (χ2v) is 8.61. The molecule has 0 aliphatic rings. The number of nitrogens with zero attached hydrogens (tertiary/aromatic N) is 4. The van der Waals surface area contributed by atoms with E-state index < -0.39 is 15.8 Å². The Morgan fingerprint density at radius 1 is 0.968 bits per heavy atom. The summed E-state index contributed by atoms with van der Waals surface area (Å²) in [5, 5.41) is 8.39. The van der Waals surface area contributed by atoms with E-state index in [1.54, 1.807) is 10.9 Å². The molecule has 8 nitrogen and oxygen atoms in total. The van der Waals surface area contributed by atoms with E-state index in [0.29, 0.717) is 18.0 Å². The Kier molecular flexibility index (Phi) is 6.19. The molecule has 0 spiro atoms. The number of hydrogen-bond donors (Lipinski definition) is 2. The largest absolute Gasteiger partial charge is 0.369 e. The third-order valence-corrected chi connectivity index (χ3v) is 6.20. The van der Waals surface area contributed by atoms with Crippen molar-refractivity contribution in [3.05, 3.63) is 78.5 Å². The molecule has 10 heteroatoms. The number of halogens is 1. The van der Waals surface area contributed by atoms with E-state index in [-0.39, 0.29) is 18.0 Å². The van der Waals surface area contributed by atoms with Crippen molar-refractivity contribution in [2.75, 3.05) is 18.4 Å². The molecule has 2 aromatic carbocycles. The Balaban J connectivity index is 1.39. The highest BCUT2D eigenvalue weighted by Gasteiger charge is 2.14. The fraction of sp³-hybridized carbons (Fsp3) is 0.190. The fourth-order valence-electron chi connectivity index (χ4n) is 3.15. The smallest absolute Gasteiger partial charge is 0.240 e. The molecule has 2 N–H and O–H groups in total. The van der Waals surface area contributed by atoms with E-state index in [9.17, 15) is 12.8 Å². The van der Waals surface area contributed by atoms with Gasteiger partial charge < -0.3 is 5.32 Å². The van der Waals surface area contributed by atoms with Crippen LogP contribution in [0.2, 0.25) is 0 Å². The lowest BCUT2D eigenvalue weighted by atomic mass is 10.1.